The monoisotopic (exact) mass is 208 g/mol. The number of ketones is 1. The molecule has 1 saturated carbocycles. The molecule has 1 fully saturated rings. The molecular formula is C14H24O. The smallest absolute Gasteiger partial charge is 0.142 e. The van der Waals surface area contributed by atoms with Crippen LogP contribution in [0.15, 0.2) is 12.2 Å². The Hall–Kier alpha value is -0.590. The van der Waals surface area contributed by atoms with Crippen LogP contribution >= 0.6 is 0 Å². The quantitative estimate of drug-likeness (QED) is 0.630. The van der Waals surface area contributed by atoms with Crippen LogP contribution in [0, 0.1) is 23.2 Å². The predicted octanol–water partition coefficient (Wildman–Crippen LogP) is 3.84. The van der Waals surface area contributed by atoms with Gasteiger partial charge in [-0.2, -0.15) is 0 Å². The van der Waals surface area contributed by atoms with Crippen molar-refractivity contribution in [2.45, 2.75) is 47.5 Å². The van der Waals surface area contributed by atoms with E-state index in [2.05, 4.69) is 20.4 Å². The molecule has 1 aliphatic carbocycles. The summed E-state index contributed by atoms with van der Waals surface area (Å²) >= 11 is 0. The highest BCUT2D eigenvalue weighted by atomic mass is 16.1. The van der Waals surface area contributed by atoms with Crippen molar-refractivity contribution in [2.24, 2.45) is 23.2 Å². The third kappa shape index (κ3) is 2.50. The lowest BCUT2D eigenvalue weighted by atomic mass is 9.74. The Morgan fingerprint density at radius 1 is 1.27 bits per heavy atom. The van der Waals surface area contributed by atoms with E-state index in [1.807, 2.05) is 20.8 Å². The Balaban J connectivity index is 2.90. The highest BCUT2D eigenvalue weighted by molar-refractivity contribution is 5.87. The van der Waals surface area contributed by atoms with E-state index >= 15 is 0 Å². The fourth-order valence-corrected chi connectivity index (χ4v) is 2.69. The molecule has 0 aromatic heterocycles. The van der Waals surface area contributed by atoms with E-state index in [4.69, 9.17) is 0 Å². The minimum atomic E-state index is -0.211. The Morgan fingerprint density at radius 3 is 2.20 bits per heavy atom. The molecule has 15 heavy (non-hydrogen) atoms. The van der Waals surface area contributed by atoms with Gasteiger partial charge in [0.05, 0.1) is 0 Å². The van der Waals surface area contributed by atoms with Gasteiger partial charge in [0.15, 0.2) is 0 Å². The van der Waals surface area contributed by atoms with Crippen LogP contribution in [0.25, 0.3) is 0 Å². The molecular weight excluding hydrogens is 184 g/mol. The standard InChI is InChI=1S/C14H24O/c1-9(2)11-8-7-10(3)12(11)13(15)14(4,5)6/h10-12H,1,7-8H2,2-6H3/t10-,11-,12+/m1/s1. The zero-order valence-electron chi connectivity index (χ0n) is 10.8. The second-order valence-corrected chi connectivity index (χ2v) is 6.15. The predicted molar refractivity (Wildman–Crippen MR) is 64.7 cm³/mol. The number of hydrogen-bond acceptors (Lipinski definition) is 1. The van der Waals surface area contributed by atoms with Crippen molar-refractivity contribution in [3.63, 3.8) is 0 Å². The second-order valence-electron chi connectivity index (χ2n) is 6.15. The summed E-state index contributed by atoms with van der Waals surface area (Å²) in [6, 6.07) is 0. The average Bonchev–Trinajstić information content (AvgIpc) is 2.44. The van der Waals surface area contributed by atoms with Crippen molar-refractivity contribution in [3.8, 4) is 0 Å². The van der Waals surface area contributed by atoms with E-state index in [9.17, 15) is 4.79 Å². The molecule has 0 aromatic carbocycles. The van der Waals surface area contributed by atoms with Crippen LogP contribution < -0.4 is 0 Å². The van der Waals surface area contributed by atoms with Crippen LogP contribution in [0.2, 0.25) is 0 Å². The fourth-order valence-electron chi connectivity index (χ4n) is 2.69. The van der Waals surface area contributed by atoms with Gasteiger partial charge >= 0.3 is 0 Å². The lowest BCUT2D eigenvalue weighted by Gasteiger charge is -2.28. The number of carbonyl (C=O) groups excluding carboxylic acids is 1. The maximum Gasteiger partial charge on any atom is 0.142 e. The molecule has 0 aliphatic heterocycles. The van der Waals surface area contributed by atoms with Crippen LogP contribution in [0.1, 0.15) is 47.5 Å². The van der Waals surface area contributed by atoms with E-state index in [-0.39, 0.29) is 11.3 Å². The van der Waals surface area contributed by atoms with Gasteiger partial charge in [-0.1, -0.05) is 39.8 Å². The number of Topliss-reactive ketones (excluding diaryl/α,β-unsaturated/α-hetero) is 1. The number of hydrogen-bond donors (Lipinski definition) is 0. The first-order valence-electron chi connectivity index (χ1n) is 5.95. The number of carbonyl (C=O) groups is 1. The lowest BCUT2D eigenvalue weighted by molar-refractivity contribution is -0.132. The van der Waals surface area contributed by atoms with Crippen LogP contribution in [-0.2, 0) is 4.79 Å². The molecule has 1 aliphatic rings. The SMILES string of the molecule is C=C(C)[C@H]1CC[C@@H](C)[C@@H]1C(=O)C(C)(C)C. The first-order valence-corrected chi connectivity index (χ1v) is 5.95. The fraction of sp³-hybridized carbons (Fsp3) is 0.786. The summed E-state index contributed by atoms with van der Waals surface area (Å²) < 4.78 is 0. The maximum absolute atomic E-state index is 12.4. The summed E-state index contributed by atoms with van der Waals surface area (Å²) in [5, 5.41) is 0. The van der Waals surface area contributed by atoms with E-state index in [1.165, 1.54) is 12.0 Å². The summed E-state index contributed by atoms with van der Waals surface area (Å²) in [6.07, 6.45) is 2.31. The van der Waals surface area contributed by atoms with Crippen molar-refractivity contribution in [2.75, 3.05) is 0 Å². The van der Waals surface area contributed by atoms with Gasteiger partial charge in [0.1, 0.15) is 5.78 Å². The van der Waals surface area contributed by atoms with Gasteiger partial charge in [-0.15, -0.1) is 0 Å². The minimum absolute atomic E-state index is 0.211. The molecule has 1 rings (SSSR count). The van der Waals surface area contributed by atoms with Gasteiger partial charge < -0.3 is 0 Å². The summed E-state index contributed by atoms with van der Waals surface area (Å²) in [5.41, 5.74) is 0.971. The third-order valence-corrected chi connectivity index (χ3v) is 3.65. The molecule has 0 heterocycles. The molecule has 0 N–H and O–H groups in total. The van der Waals surface area contributed by atoms with Crippen LogP contribution in [0.3, 0.4) is 0 Å². The normalized spacial score (nSPS) is 31.7. The average molecular weight is 208 g/mol. The summed E-state index contributed by atoms with van der Waals surface area (Å²) in [6.45, 7) is 14.4. The highest BCUT2D eigenvalue weighted by Crippen LogP contribution is 2.43. The summed E-state index contributed by atoms with van der Waals surface area (Å²) in [5.74, 6) is 1.58. The maximum atomic E-state index is 12.4. The Kier molecular flexibility index (Phi) is 3.42. The molecule has 1 heteroatoms. The topological polar surface area (TPSA) is 17.1 Å². The molecule has 0 amide bonds. The molecule has 0 spiro atoms. The van der Waals surface area contributed by atoms with E-state index in [0.717, 1.165) is 6.42 Å². The molecule has 0 radical (unpaired) electrons. The van der Waals surface area contributed by atoms with Crippen molar-refractivity contribution in [1.29, 1.82) is 0 Å². The van der Waals surface area contributed by atoms with Gasteiger partial charge in [-0.3, -0.25) is 4.79 Å². The van der Waals surface area contributed by atoms with Crippen molar-refractivity contribution in [3.05, 3.63) is 12.2 Å². The molecule has 1 nitrogen and oxygen atoms in total. The van der Waals surface area contributed by atoms with Crippen molar-refractivity contribution >= 4 is 5.78 Å². The van der Waals surface area contributed by atoms with E-state index < -0.39 is 0 Å². The zero-order valence-corrected chi connectivity index (χ0v) is 10.8. The van der Waals surface area contributed by atoms with Crippen LogP contribution in [0.4, 0.5) is 0 Å². The Morgan fingerprint density at radius 2 is 1.80 bits per heavy atom. The van der Waals surface area contributed by atoms with Gasteiger partial charge in [-0.05, 0) is 31.6 Å². The lowest BCUT2D eigenvalue weighted by Crippen LogP contribution is -2.33. The molecule has 0 aromatic rings. The molecule has 0 bridgehead atoms. The molecule has 86 valence electrons. The van der Waals surface area contributed by atoms with E-state index in [0.29, 0.717) is 17.6 Å². The summed E-state index contributed by atoms with van der Waals surface area (Å²) in [4.78, 5) is 12.4. The minimum Gasteiger partial charge on any atom is -0.299 e. The second kappa shape index (κ2) is 4.11. The van der Waals surface area contributed by atoms with Crippen molar-refractivity contribution < 1.29 is 4.79 Å². The zero-order chi connectivity index (χ0) is 11.8. The largest absolute Gasteiger partial charge is 0.299 e. The molecule has 0 saturated heterocycles. The van der Waals surface area contributed by atoms with Crippen LogP contribution in [0.5, 0.6) is 0 Å². The third-order valence-electron chi connectivity index (χ3n) is 3.65. The van der Waals surface area contributed by atoms with Gasteiger partial charge in [-0.25, -0.2) is 0 Å². The van der Waals surface area contributed by atoms with Gasteiger partial charge in [0, 0.05) is 11.3 Å². The first-order chi connectivity index (χ1) is 6.75. The Labute approximate surface area is 93.9 Å². The highest BCUT2D eigenvalue weighted by Gasteiger charge is 2.42. The molecule has 0 unspecified atom stereocenters. The molecule has 3 atom stereocenters. The first kappa shape index (κ1) is 12.5. The van der Waals surface area contributed by atoms with Gasteiger partial charge in [0.25, 0.3) is 0 Å². The van der Waals surface area contributed by atoms with Crippen LogP contribution in [-0.4, -0.2) is 5.78 Å². The summed E-state index contributed by atoms with van der Waals surface area (Å²) in [7, 11) is 0. The number of allylic oxidation sites excluding steroid dienone is 1. The Bertz CT molecular complexity index is 270. The van der Waals surface area contributed by atoms with E-state index in [1.54, 1.807) is 0 Å². The number of rotatable bonds is 2. The van der Waals surface area contributed by atoms with Crippen molar-refractivity contribution in [1.82, 2.24) is 0 Å². The van der Waals surface area contributed by atoms with Gasteiger partial charge in [0.2, 0.25) is 0 Å².